The van der Waals surface area contributed by atoms with Gasteiger partial charge in [0.1, 0.15) is 5.60 Å². The Kier molecular flexibility index (Phi) is 6.43. The highest BCUT2D eigenvalue weighted by Gasteiger charge is 2.50. The van der Waals surface area contributed by atoms with Crippen molar-refractivity contribution in [3.05, 3.63) is 0 Å². The standard InChI is InChI=1S/C18H31FN2O4/c1-17(2,3)25-16(23)18(19,21-11-5-6-12-21)20-14-9-7-13(8-10-14)15(22)24-4/h13-14,20H,5-12H2,1-4H3/t13-,14-,18?. The van der Waals surface area contributed by atoms with E-state index in [4.69, 9.17) is 9.47 Å². The quantitative estimate of drug-likeness (QED) is 0.601. The average Bonchev–Trinajstić information content (AvgIpc) is 3.08. The number of rotatable bonds is 5. The van der Waals surface area contributed by atoms with Crippen LogP contribution in [0.1, 0.15) is 59.3 Å². The summed E-state index contributed by atoms with van der Waals surface area (Å²) >= 11 is 0. The van der Waals surface area contributed by atoms with Crippen LogP contribution in [0.15, 0.2) is 0 Å². The molecule has 0 amide bonds. The summed E-state index contributed by atoms with van der Waals surface area (Å²) in [6, 6.07) is -0.168. The van der Waals surface area contributed by atoms with E-state index in [1.165, 1.54) is 12.0 Å². The molecule has 25 heavy (non-hydrogen) atoms. The molecule has 0 bridgehead atoms. The van der Waals surface area contributed by atoms with Crippen LogP contribution in [0.25, 0.3) is 0 Å². The number of carbonyl (C=O) groups excluding carboxylic acids is 2. The lowest BCUT2D eigenvalue weighted by atomic mass is 9.86. The van der Waals surface area contributed by atoms with Gasteiger partial charge in [-0.3, -0.25) is 10.1 Å². The minimum atomic E-state index is -2.31. The van der Waals surface area contributed by atoms with E-state index in [1.807, 2.05) is 0 Å². The fourth-order valence-electron chi connectivity index (χ4n) is 3.56. The number of likely N-dealkylation sites (tertiary alicyclic amines) is 1. The van der Waals surface area contributed by atoms with Gasteiger partial charge in [0.15, 0.2) is 0 Å². The van der Waals surface area contributed by atoms with Crippen LogP contribution < -0.4 is 5.32 Å². The van der Waals surface area contributed by atoms with Gasteiger partial charge in [-0.1, -0.05) is 0 Å². The van der Waals surface area contributed by atoms with Crippen LogP contribution in [0, 0.1) is 5.92 Å². The molecule has 0 radical (unpaired) electrons. The molecule has 1 saturated carbocycles. The number of hydrogen-bond acceptors (Lipinski definition) is 6. The van der Waals surface area contributed by atoms with Crippen LogP contribution in [-0.2, 0) is 19.1 Å². The van der Waals surface area contributed by atoms with E-state index in [9.17, 15) is 9.59 Å². The first-order chi connectivity index (χ1) is 11.7. The monoisotopic (exact) mass is 358 g/mol. The van der Waals surface area contributed by atoms with E-state index in [1.54, 1.807) is 20.8 Å². The molecule has 2 fully saturated rings. The first kappa shape index (κ1) is 20.1. The molecule has 1 aliphatic carbocycles. The lowest BCUT2D eigenvalue weighted by molar-refractivity contribution is -0.191. The van der Waals surface area contributed by atoms with Crippen molar-refractivity contribution in [3.8, 4) is 0 Å². The molecule has 0 spiro atoms. The van der Waals surface area contributed by atoms with Crippen molar-refractivity contribution in [2.75, 3.05) is 20.2 Å². The zero-order valence-electron chi connectivity index (χ0n) is 15.8. The van der Waals surface area contributed by atoms with Crippen molar-refractivity contribution in [2.45, 2.75) is 76.9 Å². The third kappa shape index (κ3) is 5.14. The number of methoxy groups -OCH3 is 1. The number of carbonyl (C=O) groups is 2. The van der Waals surface area contributed by atoms with Crippen LogP contribution in [0.5, 0.6) is 0 Å². The van der Waals surface area contributed by atoms with Crippen LogP contribution in [0.2, 0.25) is 0 Å². The van der Waals surface area contributed by atoms with Crippen molar-refractivity contribution in [2.24, 2.45) is 5.92 Å². The second-order valence-corrected chi connectivity index (χ2v) is 8.03. The average molecular weight is 358 g/mol. The van der Waals surface area contributed by atoms with E-state index in [2.05, 4.69) is 5.32 Å². The molecule has 1 unspecified atom stereocenters. The predicted molar refractivity (Wildman–Crippen MR) is 91.4 cm³/mol. The number of esters is 2. The van der Waals surface area contributed by atoms with Gasteiger partial charge >= 0.3 is 17.9 Å². The van der Waals surface area contributed by atoms with Crippen molar-refractivity contribution >= 4 is 11.9 Å². The summed E-state index contributed by atoms with van der Waals surface area (Å²) in [5.41, 5.74) is -0.752. The maximum absolute atomic E-state index is 15.8. The minimum absolute atomic E-state index is 0.134. The molecule has 1 heterocycles. The summed E-state index contributed by atoms with van der Waals surface area (Å²) in [6.45, 7) is 6.26. The molecule has 1 saturated heterocycles. The van der Waals surface area contributed by atoms with Gasteiger partial charge in [0.05, 0.1) is 13.0 Å². The Morgan fingerprint density at radius 2 is 1.64 bits per heavy atom. The van der Waals surface area contributed by atoms with E-state index in [0.29, 0.717) is 38.8 Å². The first-order valence-corrected chi connectivity index (χ1v) is 9.18. The fourth-order valence-corrected chi connectivity index (χ4v) is 3.56. The van der Waals surface area contributed by atoms with Crippen molar-refractivity contribution in [1.29, 1.82) is 0 Å². The Morgan fingerprint density at radius 3 is 2.12 bits per heavy atom. The topological polar surface area (TPSA) is 67.9 Å². The van der Waals surface area contributed by atoms with Crippen LogP contribution in [0.3, 0.4) is 0 Å². The lowest BCUT2D eigenvalue weighted by Gasteiger charge is -2.39. The van der Waals surface area contributed by atoms with E-state index in [0.717, 1.165) is 12.8 Å². The zero-order chi connectivity index (χ0) is 18.7. The molecule has 0 aromatic rings. The highest BCUT2D eigenvalue weighted by molar-refractivity contribution is 5.79. The Labute approximate surface area is 149 Å². The molecule has 1 atom stereocenters. The Morgan fingerprint density at radius 1 is 1.08 bits per heavy atom. The highest BCUT2D eigenvalue weighted by Crippen LogP contribution is 2.30. The zero-order valence-corrected chi connectivity index (χ0v) is 15.8. The molecule has 144 valence electrons. The molecular formula is C18H31FN2O4. The molecule has 1 aliphatic heterocycles. The highest BCUT2D eigenvalue weighted by atomic mass is 19.2. The molecule has 0 aromatic carbocycles. The van der Waals surface area contributed by atoms with Gasteiger partial charge in [-0.05, 0) is 59.3 Å². The Hall–Kier alpha value is -1.21. The SMILES string of the molecule is COC(=O)[C@H]1CC[C@H](NC(F)(C(=O)OC(C)(C)C)N2CCCC2)CC1. The molecule has 6 nitrogen and oxygen atoms in total. The summed E-state index contributed by atoms with van der Waals surface area (Å²) < 4.78 is 25.9. The summed E-state index contributed by atoms with van der Waals surface area (Å²) in [5.74, 6) is -3.54. The number of halogens is 1. The molecular weight excluding hydrogens is 327 g/mol. The van der Waals surface area contributed by atoms with Gasteiger partial charge < -0.3 is 9.47 Å². The van der Waals surface area contributed by atoms with Crippen molar-refractivity contribution < 1.29 is 23.5 Å². The Balaban J connectivity index is 2.04. The normalized spacial score (nSPS) is 27.6. The van der Waals surface area contributed by atoms with Crippen LogP contribution in [0.4, 0.5) is 4.39 Å². The minimum Gasteiger partial charge on any atom is -0.469 e. The van der Waals surface area contributed by atoms with Gasteiger partial charge in [-0.25, -0.2) is 9.69 Å². The second kappa shape index (κ2) is 7.99. The first-order valence-electron chi connectivity index (χ1n) is 9.18. The fraction of sp³-hybridized carbons (Fsp3) is 0.889. The number of nitrogens with one attached hydrogen (secondary N) is 1. The predicted octanol–water partition coefficient (Wildman–Crippen LogP) is 2.37. The van der Waals surface area contributed by atoms with Crippen molar-refractivity contribution in [3.63, 3.8) is 0 Å². The van der Waals surface area contributed by atoms with Crippen LogP contribution in [-0.4, -0.2) is 54.6 Å². The smallest absolute Gasteiger partial charge is 0.376 e. The third-order valence-corrected chi connectivity index (χ3v) is 4.87. The summed E-state index contributed by atoms with van der Waals surface area (Å²) in [4.78, 5) is 25.8. The van der Waals surface area contributed by atoms with E-state index < -0.39 is 17.5 Å². The number of ether oxygens (including phenoxy) is 2. The molecule has 2 aliphatic rings. The third-order valence-electron chi connectivity index (χ3n) is 4.87. The Bertz CT molecular complexity index is 480. The lowest BCUT2D eigenvalue weighted by Crippen LogP contribution is -2.64. The number of hydrogen-bond donors (Lipinski definition) is 1. The van der Waals surface area contributed by atoms with Gasteiger partial charge in [-0.15, -0.1) is 0 Å². The molecule has 1 N–H and O–H groups in total. The van der Waals surface area contributed by atoms with Gasteiger partial charge in [-0.2, -0.15) is 4.39 Å². The van der Waals surface area contributed by atoms with Gasteiger partial charge in [0, 0.05) is 19.1 Å². The van der Waals surface area contributed by atoms with Crippen LogP contribution >= 0.6 is 0 Å². The second-order valence-electron chi connectivity index (χ2n) is 8.03. The van der Waals surface area contributed by atoms with Crippen molar-refractivity contribution in [1.82, 2.24) is 10.2 Å². The summed E-state index contributed by atoms with van der Waals surface area (Å²) in [7, 11) is 1.38. The molecule has 2 rings (SSSR count). The van der Waals surface area contributed by atoms with E-state index >= 15 is 4.39 Å². The van der Waals surface area contributed by atoms with Gasteiger partial charge in [0.25, 0.3) is 0 Å². The summed E-state index contributed by atoms with van der Waals surface area (Å²) in [6.07, 6.45) is 4.25. The largest absolute Gasteiger partial charge is 0.469 e. The number of alkyl halides is 1. The number of nitrogens with zero attached hydrogens (tertiary/aromatic N) is 1. The van der Waals surface area contributed by atoms with E-state index in [-0.39, 0.29) is 17.9 Å². The maximum Gasteiger partial charge on any atom is 0.376 e. The molecule has 0 aromatic heterocycles. The maximum atomic E-state index is 15.8. The van der Waals surface area contributed by atoms with Gasteiger partial charge in [0.2, 0.25) is 0 Å². The molecule has 7 heteroatoms. The summed E-state index contributed by atoms with van der Waals surface area (Å²) in [5, 5.41) is 2.91.